The number of nitrogens with one attached hydrogen (secondary N) is 1. The number of aliphatic hydroxyl groups excluding tert-OH is 2. The van der Waals surface area contributed by atoms with Gasteiger partial charge < -0.3 is 20.3 Å². The van der Waals surface area contributed by atoms with Crippen LogP contribution in [-0.2, 0) is 14.3 Å². The molecule has 3 atom stereocenters. The molecule has 0 heterocycles. The average molecular weight is 828 g/mol. The number of rotatable bonds is 45. The summed E-state index contributed by atoms with van der Waals surface area (Å²) in [5, 5.41) is 23.7. The van der Waals surface area contributed by atoms with Crippen LogP contribution >= 0.6 is 0 Å². The highest BCUT2D eigenvalue weighted by molar-refractivity contribution is 5.77. The quantitative estimate of drug-likeness (QED) is 0.0323. The molecule has 1 amide bonds. The van der Waals surface area contributed by atoms with Crippen LogP contribution in [0.2, 0.25) is 0 Å². The molecule has 0 bridgehead atoms. The van der Waals surface area contributed by atoms with Crippen molar-refractivity contribution in [1.82, 2.24) is 5.32 Å². The molecule has 3 unspecified atom stereocenters. The Bertz CT molecular complexity index is 1020. The minimum atomic E-state index is -0.791. The van der Waals surface area contributed by atoms with Crippen molar-refractivity contribution in [2.24, 2.45) is 0 Å². The third kappa shape index (κ3) is 42.3. The number of carbonyl (C=O) groups is 2. The lowest BCUT2D eigenvalue weighted by Crippen LogP contribution is -2.46. The molecule has 0 fully saturated rings. The van der Waals surface area contributed by atoms with E-state index in [0.717, 1.165) is 89.9 Å². The summed E-state index contributed by atoms with van der Waals surface area (Å²) < 4.78 is 5.92. The van der Waals surface area contributed by atoms with E-state index in [1.807, 2.05) is 0 Å². The number of aliphatic hydroxyl groups is 2. The van der Waals surface area contributed by atoms with Crippen LogP contribution in [0.25, 0.3) is 0 Å². The molecular weight excluding hydrogens is 731 g/mol. The van der Waals surface area contributed by atoms with Gasteiger partial charge in [-0.1, -0.05) is 204 Å². The SMILES string of the molecule is CC/C=C/C/C=C/C/C=C/CCCCCCC(=O)OC(CCCCCCCCC/C=C/CCCCCCCC)CC(=O)NC(CO)C(O)CCCCCCCCCCC. The Morgan fingerprint density at radius 2 is 0.915 bits per heavy atom. The first-order chi connectivity index (χ1) is 29.0. The molecule has 6 nitrogen and oxygen atoms in total. The van der Waals surface area contributed by atoms with E-state index in [-0.39, 0.29) is 24.9 Å². The summed E-state index contributed by atoms with van der Waals surface area (Å²) in [6.07, 6.45) is 56.0. The molecule has 0 aliphatic heterocycles. The number of carbonyl (C=O) groups excluding carboxylic acids is 2. The van der Waals surface area contributed by atoms with Crippen molar-refractivity contribution in [2.45, 2.75) is 270 Å². The van der Waals surface area contributed by atoms with E-state index in [9.17, 15) is 19.8 Å². The first-order valence-corrected chi connectivity index (χ1v) is 25.4. The summed E-state index contributed by atoms with van der Waals surface area (Å²) >= 11 is 0. The van der Waals surface area contributed by atoms with Crippen molar-refractivity contribution in [1.29, 1.82) is 0 Å². The highest BCUT2D eigenvalue weighted by Crippen LogP contribution is 2.18. The van der Waals surface area contributed by atoms with Crippen molar-refractivity contribution in [3.05, 3.63) is 48.6 Å². The van der Waals surface area contributed by atoms with Gasteiger partial charge in [-0.05, 0) is 83.5 Å². The van der Waals surface area contributed by atoms with Gasteiger partial charge in [-0.2, -0.15) is 0 Å². The number of ether oxygens (including phenoxy) is 1. The zero-order valence-electron chi connectivity index (χ0n) is 39.1. The zero-order chi connectivity index (χ0) is 43.1. The fourth-order valence-electron chi connectivity index (χ4n) is 7.56. The smallest absolute Gasteiger partial charge is 0.306 e. The van der Waals surface area contributed by atoms with Crippen molar-refractivity contribution in [3.63, 3.8) is 0 Å². The molecule has 0 spiro atoms. The molecule has 0 aliphatic carbocycles. The van der Waals surface area contributed by atoms with E-state index >= 15 is 0 Å². The molecule has 0 saturated carbocycles. The first kappa shape index (κ1) is 56.8. The van der Waals surface area contributed by atoms with E-state index in [4.69, 9.17) is 4.74 Å². The zero-order valence-corrected chi connectivity index (χ0v) is 39.1. The van der Waals surface area contributed by atoms with Crippen LogP contribution in [0.5, 0.6) is 0 Å². The molecule has 0 rings (SSSR count). The molecule has 59 heavy (non-hydrogen) atoms. The van der Waals surface area contributed by atoms with Crippen LogP contribution in [0.4, 0.5) is 0 Å². The maximum absolute atomic E-state index is 13.2. The Balaban J connectivity index is 4.61. The minimum absolute atomic E-state index is 0.0658. The van der Waals surface area contributed by atoms with E-state index < -0.39 is 18.2 Å². The second kappa shape index (κ2) is 46.9. The summed E-state index contributed by atoms with van der Waals surface area (Å²) in [5.74, 6) is -0.501. The molecule has 0 aromatic heterocycles. The fourth-order valence-corrected chi connectivity index (χ4v) is 7.56. The molecule has 344 valence electrons. The van der Waals surface area contributed by atoms with Crippen molar-refractivity contribution in [3.8, 4) is 0 Å². The van der Waals surface area contributed by atoms with E-state index in [2.05, 4.69) is 74.7 Å². The molecule has 0 aromatic rings. The molecular formula is C53H97NO5. The van der Waals surface area contributed by atoms with Gasteiger partial charge >= 0.3 is 5.97 Å². The summed E-state index contributed by atoms with van der Waals surface area (Å²) in [7, 11) is 0. The summed E-state index contributed by atoms with van der Waals surface area (Å²) in [6, 6.07) is -0.706. The van der Waals surface area contributed by atoms with Gasteiger partial charge in [0, 0.05) is 6.42 Å². The highest BCUT2D eigenvalue weighted by atomic mass is 16.5. The second-order valence-corrected chi connectivity index (χ2v) is 17.2. The number of hydrogen-bond donors (Lipinski definition) is 3. The van der Waals surface area contributed by atoms with Crippen LogP contribution in [0.1, 0.15) is 252 Å². The predicted molar refractivity (Wildman–Crippen MR) is 255 cm³/mol. The summed E-state index contributed by atoms with van der Waals surface area (Å²) in [6.45, 7) is 6.35. The number of esters is 1. The topological polar surface area (TPSA) is 95.9 Å². The molecule has 0 saturated heterocycles. The third-order valence-corrected chi connectivity index (χ3v) is 11.4. The number of unbranched alkanes of at least 4 members (excludes halogenated alkanes) is 25. The number of allylic oxidation sites excluding steroid dienone is 8. The van der Waals surface area contributed by atoms with Gasteiger partial charge in [-0.3, -0.25) is 9.59 Å². The van der Waals surface area contributed by atoms with Gasteiger partial charge in [0.1, 0.15) is 6.10 Å². The van der Waals surface area contributed by atoms with Gasteiger partial charge in [0.15, 0.2) is 0 Å². The highest BCUT2D eigenvalue weighted by Gasteiger charge is 2.24. The molecule has 0 radical (unpaired) electrons. The molecule has 0 aliphatic rings. The monoisotopic (exact) mass is 828 g/mol. The van der Waals surface area contributed by atoms with E-state index in [0.29, 0.717) is 19.3 Å². The Labute approximate surface area is 366 Å². The van der Waals surface area contributed by atoms with Gasteiger partial charge in [-0.15, -0.1) is 0 Å². The van der Waals surface area contributed by atoms with Crippen LogP contribution in [-0.4, -0.2) is 46.9 Å². The number of amides is 1. The summed E-state index contributed by atoms with van der Waals surface area (Å²) in [4.78, 5) is 26.1. The van der Waals surface area contributed by atoms with Gasteiger partial charge in [0.05, 0.1) is 25.2 Å². The lowest BCUT2D eigenvalue weighted by molar-refractivity contribution is -0.151. The maximum atomic E-state index is 13.2. The molecule has 0 aromatic carbocycles. The van der Waals surface area contributed by atoms with Crippen LogP contribution in [0, 0.1) is 0 Å². The maximum Gasteiger partial charge on any atom is 0.306 e. The van der Waals surface area contributed by atoms with Crippen LogP contribution in [0.15, 0.2) is 48.6 Å². The minimum Gasteiger partial charge on any atom is -0.462 e. The second-order valence-electron chi connectivity index (χ2n) is 17.2. The van der Waals surface area contributed by atoms with Crippen molar-refractivity contribution in [2.75, 3.05) is 6.61 Å². The van der Waals surface area contributed by atoms with Gasteiger partial charge in [0.25, 0.3) is 0 Å². The van der Waals surface area contributed by atoms with E-state index in [1.165, 1.54) is 116 Å². The van der Waals surface area contributed by atoms with E-state index in [1.54, 1.807) is 0 Å². The molecule has 6 heteroatoms. The number of hydrogen-bond acceptors (Lipinski definition) is 5. The van der Waals surface area contributed by atoms with Crippen LogP contribution in [0.3, 0.4) is 0 Å². The van der Waals surface area contributed by atoms with Gasteiger partial charge in [-0.25, -0.2) is 0 Å². The lowest BCUT2D eigenvalue weighted by atomic mass is 10.0. The Morgan fingerprint density at radius 1 is 0.508 bits per heavy atom. The lowest BCUT2D eigenvalue weighted by Gasteiger charge is -2.24. The Morgan fingerprint density at radius 3 is 1.41 bits per heavy atom. The van der Waals surface area contributed by atoms with Crippen molar-refractivity contribution >= 4 is 11.9 Å². The largest absolute Gasteiger partial charge is 0.462 e. The summed E-state index contributed by atoms with van der Waals surface area (Å²) in [5.41, 5.74) is 0. The standard InChI is InChI=1S/C53H97NO5/c1-4-7-10-13-16-19-21-23-25-26-27-28-30-33-35-38-41-44-49(59-53(58)46-43-40-37-34-31-29-24-22-20-17-14-11-8-5-2)47-52(57)54-50(48-55)51(56)45-42-39-36-32-18-15-12-9-6-3/h8,11,17,20,23-25,29,49-51,55-56H,4-7,9-10,12-16,18-19,21-22,26-28,30-48H2,1-3H3,(H,54,57)/b11-8+,20-17+,25-23+,29-24+. The first-order valence-electron chi connectivity index (χ1n) is 25.4. The average Bonchev–Trinajstić information content (AvgIpc) is 3.23. The Hall–Kier alpha value is -2.18. The van der Waals surface area contributed by atoms with Crippen molar-refractivity contribution < 1.29 is 24.5 Å². The third-order valence-electron chi connectivity index (χ3n) is 11.4. The normalized spacial score (nSPS) is 13.6. The Kier molecular flexibility index (Phi) is 45.1. The predicted octanol–water partition coefficient (Wildman–Crippen LogP) is 15.1. The fraction of sp³-hybridized carbons (Fsp3) is 0.811. The van der Waals surface area contributed by atoms with Crippen LogP contribution < -0.4 is 5.32 Å². The molecule has 3 N–H and O–H groups in total. The van der Waals surface area contributed by atoms with Gasteiger partial charge in [0.2, 0.25) is 5.91 Å².